The number of nitrogens with zero attached hydrogens (tertiary/aromatic N) is 2. The number of hydrogen-bond donors (Lipinski definition) is 3. The molecule has 128 valence electrons. The van der Waals surface area contributed by atoms with Crippen molar-refractivity contribution in [3.05, 3.63) is 66.9 Å². The number of hydrogen-bond acceptors (Lipinski definition) is 4. The van der Waals surface area contributed by atoms with Crippen molar-refractivity contribution < 1.29 is 14.0 Å². The predicted octanol–water partition coefficient (Wildman–Crippen LogP) is 2.02. The second-order valence-corrected chi connectivity index (χ2v) is 5.12. The monoisotopic (exact) mass is 339 g/mol. The van der Waals surface area contributed by atoms with Crippen molar-refractivity contribution >= 4 is 17.6 Å². The lowest BCUT2D eigenvalue weighted by molar-refractivity contribution is 0.0926. The maximum Gasteiger partial charge on any atom is 0.319 e. The minimum atomic E-state index is -0.375. The van der Waals surface area contributed by atoms with Gasteiger partial charge in [-0.1, -0.05) is 18.2 Å². The van der Waals surface area contributed by atoms with Crippen LogP contribution in [-0.2, 0) is 0 Å². The topological polar surface area (TPSA) is 101 Å². The first-order valence-corrected chi connectivity index (χ1v) is 7.69. The van der Waals surface area contributed by atoms with Crippen LogP contribution < -0.4 is 16.0 Å². The van der Waals surface area contributed by atoms with Gasteiger partial charge in [0.25, 0.3) is 5.91 Å². The standard InChI is InChI=1S/C17H17N5O3/c23-16(15-7-4-10-25-15)18-8-9-19-17(24)21-13-11-20-22(12-13)14-5-2-1-3-6-14/h1-7,10-12H,8-9H2,(H,18,23)(H2,19,21,24). The van der Waals surface area contributed by atoms with E-state index in [-0.39, 0.29) is 30.8 Å². The molecule has 0 aliphatic heterocycles. The molecule has 3 rings (SSSR count). The summed E-state index contributed by atoms with van der Waals surface area (Å²) in [7, 11) is 0. The Bertz CT molecular complexity index is 827. The van der Waals surface area contributed by atoms with Gasteiger partial charge >= 0.3 is 6.03 Å². The Kier molecular flexibility index (Phi) is 5.10. The van der Waals surface area contributed by atoms with E-state index in [0.29, 0.717) is 5.69 Å². The van der Waals surface area contributed by atoms with Gasteiger partial charge in [0, 0.05) is 13.1 Å². The van der Waals surface area contributed by atoms with Crippen molar-refractivity contribution in [2.24, 2.45) is 0 Å². The summed E-state index contributed by atoms with van der Waals surface area (Å²) in [4.78, 5) is 23.5. The van der Waals surface area contributed by atoms with Crippen molar-refractivity contribution in [1.82, 2.24) is 20.4 Å². The highest BCUT2D eigenvalue weighted by Gasteiger charge is 2.08. The third-order valence-electron chi connectivity index (χ3n) is 3.30. The zero-order chi connectivity index (χ0) is 17.5. The van der Waals surface area contributed by atoms with Crippen LogP contribution in [0.4, 0.5) is 10.5 Å². The first-order valence-electron chi connectivity index (χ1n) is 7.69. The quantitative estimate of drug-likeness (QED) is 0.598. The molecule has 2 heterocycles. The highest BCUT2D eigenvalue weighted by Crippen LogP contribution is 2.10. The molecule has 3 N–H and O–H groups in total. The number of para-hydroxylation sites is 1. The highest BCUT2D eigenvalue weighted by atomic mass is 16.3. The van der Waals surface area contributed by atoms with Crippen molar-refractivity contribution in [1.29, 1.82) is 0 Å². The molecule has 2 aromatic heterocycles. The molecule has 8 nitrogen and oxygen atoms in total. The molecule has 0 atom stereocenters. The Morgan fingerprint density at radius 3 is 2.60 bits per heavy atom. The number of aromatic nitrogens is 2. The van der Waals surface area contributed by atoms with Crippen molar-refractivity contribution in [3.63, 3.8) is 0 Å². The third kappa shape index (κ3) is 4.47. The normalized spacial score (nSPS) is 10.2. The van der Waals surface area contributed by atoms with Gasteiger partial charge in [-0.3, -0.25) is 4.79 Å². The van der Waals surface area contributed by atoms with Gasteiger partial charge in [0.1, 0.15) is 0 Å². The molecule has 0 radical (unpaired) electrons. The van der Waals surface area contributed by atoms with Crippen LogP contribution in [0.25, 0.3) is 5.69 Å². The van der Waals surface area contributed by atoms with Gasteiger partial charge in [-0.15, -0.1) is 0 Å². The van der Waals surface area contributed by atoms with Crippen LogP contribution in [0.3, 0.4) is 0 Å². The van der Waals surface area contributed by atoms with Crippen LogP contribution in [0.2, 0.25) is 0 Å². The smallest absolute Gasteiger partial charge is 0.319 e. The van der Waals surface area contributed by atoms with Gasteiger partial charge in [0.05, 0.1) is 30.0 Å². The Morgan fingerprint density at radius 2 is 1.84 bits per heavy atom. The summed E-state index contributed by atoms with van der Waals surface area (Å²) < 4.78 is 6.64. The van der Waals surface area contributed by atoms with E-state index in [1.807, 2.05) is 30.3 Å². The maximum absolute atomic E-state index is 11.8. The predicted molar refractivity (Wildman–Crippen MR) is 91.6 cm³/mol. The number of furan rings is 1. The lowest BCUT2D eigenvalue weighted by Gasteiger charge is -2.06. The summed E-state index contributed by atoms with van der Waals surface area (Å²) in [5, 5.41) is 12.2. The van der Waals surface area contributed by atoms with Crippen LogP contribution in [0.5, 0.6) is 0 Å². The Balaban J connectivity index is 1.41. The molecule has 1 aromatic carbocycles. The molecule has 8 heteroatoms. The number of rotatable bonds is 6. The van der Waals surface area contributed by atoms with E-state index in [1.165, 1.54) is 6.26 Å². The summed E-state index contributed by atoms with van der Waals surface area (Å²) in [6.07, 6.45) is 4.70. The molecule has 0 spiro atoms. The lowest BCUT2D eigenvalue weighted by Crippen LogP contribution is -2.36. The first kappa shape index (κ1) is 16.3. The average Bonchev–Trinajstić information content (AvgIpc) is 3.31. The number of anilines is 1. The fourth-order valence-corrected chi connectivity index (χ4v) is 2.13. The summed E-state index contributed by atoms with van der Waals surface area (Å²) in [6, 6.07) is 12.4. The van der Waals surface area contributed by atoms with Crippen LogP contribution in [0, 0.1) is 0 Å². The van der Waals surface area contributed by atoms with Crippen LogP contribution in [0.15, 0.2) is 65.5 Å². The fourth-order valence-electron chi connectivity index (χ4n) is 2.13. The minimum Gasteiger partial charge on any atom is -0.459 e. The summed E-state index contributed by atoms with van der Waals surface area (Å²) in [5.41, 5.74) is 1.47. The number of urea groups is 1. The van der Waals surface area contributed by atoms with E-state index in [4.69, 9.17) is 4.42 Å². The first-order chi connectivity index (χ1) is 12.2. The van der Waals surface area contributed by atoms with Gasteiger partial charge in [-0.05, 0) is 24.3 Å². The second-order valence-electron chi connectivity index (χ2n) is 5.12. The summed E-state index contributed by atoms with van der Waals surface area (Å²) >= 11 is 0. The molecule has 0 fully saturated rings. The second kappa shape index (κ2) is 7.82. The molecule has 0 aliphatic rings. The molecule has 0 saturated carbocycles. The van der Waals surface area contributed by atoms with Crippen LogP contribution in [-0.4, -0.2) is 34.8 Å². The van der Waals surface area contributed by atoms with E-state index in [1.54, 1.807) is 29.2 Å². The summed E-state index contributed by atoms with van der Waals surface area (Å²) in [5.74, 6) is -0.0888. The third-order valence-corrected chi connectivity index (χ3v) is 3.30. The molecule has 0 aliphatic carbocycles. The van der Waals surface area contributed by atoms with Crippen molar-refractivity contribution in [3.8, 4) is 5.69 Å². The molecule has 0 unspecified atom stereocenters. The Hall–Kier alpha value is -3.55. The SMILES string of the molecule is O=C(NCCNC(=O)c1ccco1)Nc1cnn(-c2ccccc2)c1. The van der Waals surface area contributed by atoms with E-state index in [2.05, 4.69) is 21.0 Å². The molecule has 3 aromatic rings. The Labute approximate surface area is 143 Å². The van der Waals surface area contributed by atoms with Crippen molar-refractivity contribution in [2.45, 2.75) is 0 Å². The van der Waals surface area contributed by atoms with E-state index in [0.717, 1.165) is 5.69 Å². The lowest BCUT2D eigenvalue weighted by atomic mass is 10.3. The van der Waals surface area contributed by atoms with Gasteiger partial charge < -0.3 is 20.4 Å². The highest BCUT2D eigenvalue weighted by molar-refractivity contribution is 5.91. The maximum atomic E-state index is 11.8. The number of carbonyl (C=O) groups excluding carboxylic acids is 2. The number of amides is 3. The fraction of sp³-hybridized carbons (Fsp3) is 0.118. The van der Waals surface area contributed by atoms with Crippen molar-refractivity contribution in [2.75, 3.05) is 18.4 Å². The molecule has 0 saturated heterocycles. The van der Waals surface area contributed by atoms with Gasteiger partial charge in [0.2, 0.25) is 0 Å². The van der Waals surface area contributed by atoms with E-state index in [9.17, 15) is 9.59 Å². The molecule has 25 heavy (non-hydrogen) atoms. The van der Waals surface area contributed by atoms with E-state index >= 15 is 0 Å². The van der Waals surface area contributed by atoms with Crippen LogP contribution >= 0.6 is 0 Å². The Morgan fingerprint density at radius 1 is 1.04 bits per heavy atom. The average molecular weight is 339 g/mol. The van der Waals surface area contributed by atoms with E-state index < -0.39 is 0 Å². The number of carbonyl (C=O) groups is 2. The van der Waals surface area contributed by atoms with Gasteiger partial charge in [-0.25, -0.2) is 9.48 Å². The zero-order valence-corrected chi connectivity index (χ0v) is 13.3. The molecular formula is C17H17N5O3. The van der Waals surface area contributed by atoms with Gasteiger partial charge in [-0.2, -0.15) is 5.10 Å². The zero-order valence-electron chi connectivity index (χ0n) is 13.3. The minimum absolute atomic E-state index is 0.234. The molecule has 0 bridgehead atoms. The molecular weight excluding hydrogens is 322 g/mol. The summed E-state index contributed by atoms with van der Waals surface area (Å²) in [6.45, 7) is 0.571. The van der Waals surface area contributed by atoms with Crippen LogP contribution in [0.1, 0.15) is 10.6 Å². The molecule has 3 amide bonds. The number of nitrogens with one attached hydrogen (secondary N) is 3. The largest absolute Gasteiger partial charge is 0.459 e. The van der Waals surface area contributed by atoms with Gasteiger partial charge in [0.15, 0.2) is 5.76 Å². The number of benzene rings is 1.